The van der Waals surface area contributed by atoms with Crippen LogP contribution in [0.3, 0.4) is 0 Å². The van der Waals surface area contributed by atoms with Crippen molar-refractivity contribution in [3.05, 3.63) is 63.1 Å². The molecule has 2 atom stereocenters. The maximum absolute atomic E-state index is 12.6. The van der Waals surface area contributed by atoms with Crippen molar-refractivity contribution in [2.45, 2.75) is 33.3 Å². The molecule has 9 heteroatoms. The van der Waals surface area contributed by atoms with Crippen molar-refractivity contribution in [1.29, 1.82) is 0 Å². The highest BCUT2D eigenvalue weighted by Gasteiger charge is 2.37. The highest BCUT2D eigenvalue weighted by molar-refractivity contribution is 5.99. The van der Waals surface area contributed by atoms with E-state index < -0.39 is 23.2 Å². The number of allylic oxidation sites excluding steroid dienone is 2. The molecule has 0 saturated carbocycles. The van der Waals surface area contributed by atoms with Crippen molar-refractivity contribution >= 4 is 11.9 Å². The molecular weight excluding hydrogens is 368 g/mol. The van der Waals surface area contributed by atoms with Gasteiger partial charge in [0.05, 0.1) is 30.8 Å². The quantitative estimate of drug-likeness (QED) is 0.461. The van der Waals surface area contributed by atoms with Crippen LogP contribution in [0.15, 0.2) is 46.8 Å². The zero-order valence-electron chi connectivity index (χ0n) is 16.2. The Labute approximate surface area is 162 Å². The van der Waals surface area contributed by atoms with Gasteiger partial charge in [0, 0.05) is 11.4 Å². The largest absolute Gasteiger partial charge is 0.566 e. The highest BCUT2D eigenvalue weighted by Crippen LogP contribution is 2.39. The van der Waals surface area contributed by atoms with Crippen molar-refractivity contribution in [1.82, 2.24) is 5.32 Å². The number of dihydropyridines is 1. The van der Waals surface area contributed by atoms with Crippen LogP contribution in [0.5, 0.6) is 0 Å². The number of hydrogen-bond donors (Lipinski definition) is 3. The molecule has 9 nitrogen and oxygen atoms in total. The fourth-order valence-corrected chi connectivity index (χ4v) is 3.14. The summed E-state index contributed by atoms with van der Waals surface area (Å²) in [5.74, 6) is -1.76. The molecule has 2 rings (SSSR count). The molecule has 28 heavy (non-hydrogen) atoms. The second kappa shape index (κ2) is 9.47. The van der Waals surface area contributed by atoms with E-state index >= 15 is 0 Å². The normalized spacial score (nSPS) is 17.9. The average Bonchev–Trinajstić information content (AvgIpc) is 2.65. The Bertz CT molecular complexity index is 797. The second-order valence-corrected chi connectivity index (χ2v) is 6.14. The third-order valence-corrected chi connectivity index (χ3v) is 4.34. The predicted molar refractivity (Wildman–Crippen MR) is 97.3 cm³/mol. The van der Waals surface area contributed by atoms with Crippen LogP contribution < -0.4 is 10.7 Å². The molecule has 0 amide bonds. The Morgan fingerprint density at radius 3 is 2.21 bits per heavy atom. The summed E-state index contributed by atoms with van der Waals surface area (Å²) >= 11 is 0. The van der Waals surface area contributed by atoms with Gasteiger partial charge in [0.15, 0.2) is 0 Å². The first-order chi connectivity index (χ1) is 13.3. The van der Waals surface area contributed by atoms with E-state index in [9.17, 15) is 14.8 Å². The maximum atomic E-state index is 12.6. The first kappa shape index (κ1) is 21.6. The molecule has 0 aromatic heterocycles. The van der Waals surface area contributed by atoms with Gasteiger partial charge in [-0.1, -0.05) is 29.7 Å². The van der Waals surface area contributed by atoms with Crippen molar-refractivity contribution in [3.8, 4) is 0 Å². The van der Waals surface area contributed by atoms with Gasteiger partial charge in [0.2, 0.25) is 0 Å². The first-order valence-electron chi connectivity index (χ1n) is 8.68. The summed E-state index contributed by atoms with van der Waals surface area (Å²) in [6, 6.07) is 6.81. The van der Waals surface area contributed by atoms with Gasteiger partial charge < -0.3 is 20.0 Å². The van der Waals surface area contributed by atoms with Gasteiger partial charge in [0.25, 0.3) is 0 Å². The van der Waals surface area contributed by atoms with E-state index in [1.54, 1.807) is 45.0 Å². The van der Waals surface area contributed by atoms with Crippen LogP contribution in [0, 0.1) is 5.21 Å². The van der Waals surface area contributed by atoms with E-state index in [1.165, 1.54) is 7.11 Å². The molecule has 3 N–H and O–H groups in total. The average molecular weight is 392 g/mol. The van der Waals surface area contributed by atoms with Crippen molar-refractivity contribution < 1.29 is 34.5 Å². The molecule has 1 aliphatic heterocycles. The van der Waals surface area contributed by atoms with E-state index in [2.05, 4.69) is 10.2 Å². The number of benzene rings is 1. The SMILES string of the molecule is CCOC(=O)C1=C(C)NC(C)=C(C(=O)OC)[C@H]1c1ccc(CO[NH+]([O-])O)cc1. The molecule has 0 spiro atoms. The zero-order chi connectivity index (χ0) is 20.8. The van der Waals surface area contributed by atoms with Gasteiger partial charge >= 0.3 is 11.9 Å². The summed E-state index contributed by atoms with van der Waals surface area (Å²) in [6.45, 7) is 5.29. The number of hydrogen-bond acceptors (Lipinski definition) is 8. The van der Waals surface area contributed by atoms with Crippen LogP contribution in [0.4, 0.5) is 0 Å². The van der Waals surface area contributed by atoms with Crippen LogP contribution in [-0.2, 0) is 30.5 Å². The van der Waals surface area contributed by atoms with E-state index in [4.69, 9.17) is 14.7 Å². The molecule has 0 fully saturated rings. The fourth-order valence-electron chi connectivity index (χ4n) is 3.14. The van der Waals surface area contributed by atoms with Gasteiger partial charge in [-0.3, -0.25) is 0 Å². The monoisotopic (exact) mass is 392 g/mol. The minimum Gasteiger partial charge on any atom is -0.566 e. The summed E-state index contributed by atoms with van der Waals surface area (Å²) in [6.07, 6.45) is 0. The number of esters is 2. The summed E-state index contributed by atoms with van der Waals surface area (Å²) in [5.41, 5.74) is 3.11. The summed E-state index contributed by atoms with van der Waals surface area (Å²) in [7, 11) is 1.28. The lowest BCUT2D eigenvalue weighted by molar-refractivity contribution is -1.21. The first-order valence-corrected chi connectivity index (χ1v) is 8.68. The number of ether oxygens (including phenoxy) is 2. The minimum absolute atomic E-state index is 0.0971. The van der Waals surface area contributed by atoms with Crippen molar-refractivity contribution in [2.24, 2.45) is 0 Å². The molecule has 0 radical (unpaired) electrons. The Morgan fingerprint density at radius 2 is 1.71 bits per heavy atom. The number of quaternary nitrogens is 1. The summed E-state index contributed by atoms with van der Waals surface area (Å²) in [5, 5.41) is 20.8. The minimum atomic E-state index is -1.36. The van der Waals surface area contributed by atoms with Gasteiger partial charge in [-0.25, -0.2) is 9.59 Å². The Balaban J connectivity index is 2.49. The molecule has 0 aliphatic carbocycles. The standard InChI is InChI=1S/C19H24N2O7/c1-5-27-19(23)16-12(3)20-11(2)15(18(22)26-4)17(16)14-8-6-13(7-9-14)10-28-21(24)25/h6-9,17,20-21,24H,5,10H2,1-4H3/t17-/m1/s1. The molecule has 0 bridgehead atoms. The molecule has 0 saturated heterocycles. The van der Waals surface area contributed by atoms with Gasteiger partial charge in [-0.05, 0) is 31.9 Å². The molecular formula is C19H24N2O7. The van der Waals surface area contributed by atoms with Crippen molar-refractivity contribution in [3.63, 3.8) is 0 Å². The van der Waals surface area contributed by atoms with Gasteiger partial charge in [-0.15, -0.1) is 0 Å². The number of rotatable bonds is 7. The van der Waals surface area contributed by atoms with E-state index in [0.29, 0.717) is 33.7 Å². The van der Waals surface area contributed by atoms with Gasteiger partial charge in [0.1, 0.15) is 6.61 Å². The third-order valence-electron chi connectivity index (χ3n) is 4.34. The number of carbonyl (C=O) groups is 2. The maximum Gasteiger partial charge on any atom is 0.336 e. The topological polar surface area (TPSA) is 122 Å². The van der Waals surface area contributed by atoms with Gasteiger partial charge in [-0.2, -0.15) is 10.0 Å². The number of carbonyl (C=O) groups excluding carboxylic acids is 2. The van der Waals surface area contributed by atoms with Crippen LogP contribution in [-0.4, -0.2) is 30.9 Å². The van der Waals surface area contributed by atoms with E-state index in [1.807, 2.05) is 0 Å². The highest BCUT2D eigenvalue weighted by atomic mass is 17.1. The third kappa shape index (κ3) is 4.76. The van der Waals surface area contributed by atoms with E-state index in [0.717, 1.165) is 0 Å². The van der Waals surface area contributed by atoms with E-state index in [-0.39, 0.29) is 13.2 Å². The van der Waals surface area contributed by atoms with Crippen LogP contribution in [0.2, 0.25) is 0 Å². The lowest BCUT2D eigenvalue weighted by atomic mass is 9.80. The smallest absolute Gasteiger partial charge is 0.336 e. The zero-order valence-corrected chi connectivity index (χ0v) is 16.2. The number of methoxy groups -OCH3 is 1. The van der Waals surface area contributed by atoms with Crippen LogP contribution in [0.1, 0.15) is 37.8 Å². The fraction of sp³-hybridized carbons (Fsp3) is 0.368. The molecule has 1 aliphatic rings. The Morgan fingerprint density at radius 1 is 1.14 bits per heavy atom. The lowest BCUT2D eigenvalue weighted by Gasteiger charge is -2.30. The molecule has 1 aromatic carbocycles. The Hall–Kier alpha value is -2.72. The van der Waals surface area contributed by atoms with Crippen molar-refractivity contribution in [2.75, 3.05) is 13.7 Å². The van der Waals surface area contributed by atoms with Crippen LogP contribution >= 0.6 is 0 Å². The summed E-state index contributed by atoms with van der Waals surface area (Å²) < 4.78 is 10.1. The molecule has 1 heterocycles. The lowest BCUT2D eigenvalue weighted by Crippen LogP contribution is -3.03. The second-order valence-electron chi connectivity index (χ2n) is 6.14. The molecule has 152 valence electrons. The Kier molecular flexibility index (Phi) is 7.30. The summed E-state index contributed by atoms with van der Waals surface area (Å²) in [4.78, 5) is 29.6. The molecule has 1 unspecified atom stereocenters. The predicted octanol–water partition coefficient (Wildman–Crippen LogP) is 0.861. The number of nitrogens with one attached hydrogen (secondary N) is 2. The van der Waals surface area contributed by atoms with Crippen LogP contribution in [0.25, 0.3) is 0 Å². The molecule has 1 aromatic rings.